The van der Waals surface area contributed by atoms with Gasteiger partial charge in [0.15, 0.2) is 0 Å². The van der Waals surface area contributed by atoms with Crippen molar-refractivity contribution in [1.82, 2.24) is 4.90 Å². The zero-order valence-corrected chi connectivity index (χ0v) is 18.7. The summed E-state index contributed by atoms with van der Waals surface area (Å²) in [6, 6.07) is 5.47. The van der Waals surface area contributed by atoms with Gasteiger partial charge < -0.3 is 9.84 Å². The van der Waals surface area contributed by atoms with E-state index >= 15 is 0 Å². The van der Waals surface area contributed by atoms with Crippen LogP contribution in [0.1, 0.15) is 27.2 Å². The number of carboxylic acid groups (broad SMARTS) is 1. The van der Waals surface area contributed by atoms with Crippen molar-refractivity contribution in [1.29, 1.82) is 0 Å². The van der Waals surface area contributed by atoms with Crippen molar-refractivity contribution in [3.05, 3.63) is 24.3 Å². The fourth-order valence-electron chi connectivity index (χ4n) is 3.73. The molecule has 0 aromatic heterocycles. The number of carboxylic acids is 1. The van der Waals surface area contributed by atoms with Gasteiger partial charge in [-0.05, 0) is 77.1 Å². The first kappa shape index (κ1) is 22.6. The molecule has 1 aliphatic rings. The molecular weight excluding hydrogens is 398 g/mol. The zero-order chi connectivity index (χ0) is 21.2. The van der Waals surface area contributed by atoms with E-state index in [0.717, 1.165) is 0 Å². The SMILES string of the molecule is CC#CCOc1ccc(S(=O)(=O)S2(C)CCCN(C)C(C(=O)O)C2(C)C)cc1. The molecule has 1 saturated heterocycles. The van der Waals surface area contributed by atoms with Gasteiger partial charge in [-0.3, -0.25) is 9.69 Å². The van der Waals surface area contributed by atoms with Crippen LogP contribution in [0.15, 0.2) is 29.2 Å². The summed E-state index contributed by atoms with van der Waals surface area (Å²) in [6.07, 6.45) is 2.41. The molecule has 1 aliphatic heterocycles. The Balaban J connectivity index is 2.46. The summed E-state index contributed by atoms with van der Waals surface area (Å²) in [5.74, 6) is 5.56. The van der Waals surface area contributed by atoms with Gasteiger partial charge in [0.1, 0.15) is 18.4 Å². The molecule has 0 saturated carbocycles. The van der Waals surface area contributed by atoms with Crippen molar-refractivity contribution in [2.24, 2.45) is 0 Å². The first-order valence-corrected chi connectivity index (χ1v) is 13.3. The van der Waals surface area contributed by atoms with Crippen LogP contribution in [0.2, 0.25) is 0 Å². The van der Waals surface area contributed by atoms with Gasteiger partial charge in [0, 0.05) is 4.75 Å². The van der Waals surface area contributed by atoms with Gasteiger partial charge in [-0.15, -0.1) is 15.0 Å². The molecule has 6 nitrogen and oxygen atoms in total. The average Bonchev–Trinajstić information content (AvgIpc) is 2.70. The van der Waals surface area contributed by atoms with Crippen molar-refractivity contribution < 1.29 is 23.1 Å². The van der Waals surface area contributed by atoms with Crippen molar-refractivity contribution in [2.45, 2.75) is 42.9 Å². The molecule has 0 amide bonds. The number of rotatable bonds is 5. The third kappa shape index (κ3) is 3.88. The predicted molar refractivity (Wildman–Crippen MR) is 114 cm³/mol. The van der Waals surface area contributed by atoms with Crippen LogP contribution in [0.25, 0.3) is 0 Å². The monoisotopic (exact) mass is 427 g/mol. The molecule has 28 heavy (non-hydrogen) atoms. The lowest BCUT2D eigenvalue weighted by molar-refractivity contribution is -0.143. The third-order valence-corrected chi connectivity index (χ3v) is 16.2. The number of carbonyl (C=O) groups is 1. The number of hydrogen-bond donors (Lipinski definition) is 1. The molecule has 0 bridgehead atoms. The van der Waals surface area contributed by atoms with E-state index in [4.69, 9.17) is 4.74 Å². The predicted octanol–water partition coefficient (Wildman–Crippen LogP) is 2.78. The minimum atomic E-state index is -3.71. The maximum absolute atomic E-state index is 13.7. The second-order valence-electron chi connectivity index (χ2n) is 7.53. The molecule has 0 aliphatic carbocycles. The maximum atomic E-state index is 13.7. The highest BCUT2D eigenvalue weighted by molar-refractivity contribution is 8.90. The Hall–Kier alpha value is -1.69. The van der Waals surface area contributed by atoms with Gasteiger partial charge in [-0.2, -0.15) is 0 Å². The number of likely N-dealkylation sites (N-methyl/N-ethyl adjacent to an activating group) is 1. The smallest absolute Gasteiger partial charge is 0.322 e. The molecule has 1 heterocycles. The Morgan fingerprint density at radius 1 is 1.36 bits per heavy atom. The fraction of sp³-hybridized carbons (Fsp3) is 0.550. The van der Waals surface area contributed by atoms with Crippen LogP contribution in [-0.4, -0.2) is 67.4 Å². The molecular formula is C20H29NO5S2. The Morgan fingerprint density at radius 2 is 1.96 bits per heavy atom. The molecule has 1 fully saturated rings. The summed E-state index contributed by atoms with van der Waals surface area (Å²) in [7, 11) is -4.32. The first-order chi connectivity index (χ1) is 13.0. The minimum Gasteiger partial charge on any atom is -0.481 e. The number of nitrogens with zero attached hydrogens (tertiary/aromatic N) is 1. The van der Waals surface area contributed by atoms with Crippen LogP contribution < -0.4 is 4.74 Å². The Kier molecular flexibility index (Phi) is 6.74. The van der Waals surface area contributed by atoms with E-state index in [1.54, 1.807) is 63.2 Å². The summed E-state index contributed by atoms with van der Waals surface area (Å²) >= 11 is 0. The fourth-order valence-corrected chi connectivity index (χ4v) is 12.0. The summed E-state index contributed by atoms with van der Waals surface area (Å²) in [5.41, 5.74) is 0. The molecule has 0 spiro atoms. The second-order valence-corrected chi connectivity index (χ2v) is 15.9. The lowest BCUT2D eigenvalue weighted by Gasteiger charge is -2.50. The highest BCUT2D eigenvalue weighted by atomic mass is 33.2. The number of ether oxygens (including phenoxy) is 1. The van der Waals surface area contributed by atoms with Gasteiger partial charge in [-0.25, -0.2) is 8.42 Å². The minimum absolute atomic E-state index is 0.209. The number of benzene rings is 1. The quantitative estimate of drug-likeness (QED) is 0.575. The molecule has 2 atom stereocenters. The van der Waals surface area contributed by atoms with Crippen LogP contribution in [-0.2, 0) is 13.7 Å². The Labute approximate surface area is 168 Å². The highest BCUT2D eigenvalue weighted by Gasteiger charge is 2.55. The molecule has 8 heteroatoms. The van der Waals surface area contributed by atoms with E-state index in [9.17, 15) is 18.3 Å². The summed E-state index contributed by atoms with van der Waals surface area (Å²) < 4.78 is 31.9. The van der Waals surface area contributed by atoms with E-state index in [1.807, 2.05) is 0 Å². The molecule has 2 rings (SSSR count). The van der Waals surface area contributed by atoms with E-state index in [-0.39, 0.29) is 11.5 Å². The molecule has 156 valence electrons. The lowest BCUT2D eigenvalue weighted by atomic mass is 10.0. The Bertz CT molecular complexity index is 883. The average molecular weight is 428 g/mol. The van der Waals surface area contributed by atoms with E-state index in [1.165, 1.54) is 0 Å². The zero-order valence-electron chi connectivity index (χ0n) is 17.1. The topological polar surface area (TPSA) is 83.9 Å². The summed E-state index contributed by atoms with van der Waals surface area (Å²) in [6.45, 7) is 6.08. The van der Waals surface area contributed by atoms with Crippen LogP contribution in [0, 0.1) is 11.8 Å². The number of hydrogen-bond acceptors (Lipinski definition) is 5. The van der Waals surface area contributed by atoms with Gasteiger partial charge in [0.25, 0.3) is 0 Å². The van der Waals surface area contributed by atoms with Crippen LogP contribution in [0.4, 0.5) is 0 Å². The molecule has 1 aromatic carbocycles. The molecule has 1 N–H and O–H groups in total. The second kappa shape index (κ2) is 8.36. The van der Waals surface area contributed by atoms with Gasteiger partial charge in [-0.1, -0.05) is 5.92 Å². The lowest BCUT2D eigenvalue weighted by Crippen LogP contribution is -2.54. The third-order valence-electron chi connectivity index (χ3n) is 5.58. The number of aliphatic carboxylic acids is 1. The van der Waals surface area contributed by atoms with Crippen molar-refractivity contribution in [3.8, 4) is 17.6 Å². The van der Waals surface area contributed by atoms with Crippen molar-refractivity contribution >= 4 is 23.9 Å². The first-order valence-electron chi connectivity index (χ1n) is 9.05. The molecule has 0 radical (unpaired) electrons. The van der Waals surface area contributed by atoms with Crippen LogP contribution in [0.3, 0.4) is 0 Å². The van der Waals surface area contributed by atoms with Crippen molar-refractivity contribution in [2.75, 3.05) is 32.2 Å². The highest BCUT2D eigenvalue weighted by Crippen LogP contribution is 2.66. The summed E-state index contributed by atoms with van der Waals surface area (Å²) in [4.78, 5) is 14.0. The van der Waals surface area contributed by atoms with Crippen molar-refractivity contribution in [3.63, 3.8) is 0 Å². The van der Waals surface area contributed by atoms with Gasteiger partial charge >= 0.3 is 5.97 Å². The van der Waals surface area contributed by atoms with E-state index in [0.29, 0.717) is 24.5 Å². The normalized spacial score (nSPS) is 27.5. The van der Waals surface area contributed by atoms with Crippen LogP contribution >= 0.6 is 9.06 Å². The van der Waals surface area contributed by atoms with E-state index in [2.05, 4.69) is 11.8 Å². The van der Waals surface area contributed by atoms with Crippen LogP contribution in [0.5, 0.6) is 5.75 Å². The largest absolute Gasteiger partial charge is 0.481 e. The Morgan fingerprint density at radius 3 is 2.50 bits per heavy atom. The molecule has 1 aromatic rings. The van der Waals surface area contributed by atoms with E-state index < -0.39 is 34.7 Å². The summed E-state index contributed by atoms with van der Waals surface area (Å²) in [5, 5.41) is 9.83. The van der Waals surface area contributed by atoms with Gasteiger partial charge in [0.05, 0.1) is 4.90 Å². The standard InChI is InChI=1S/C20H29NO5S2/c1-6-7-14-26-16-9-11-17(12-10-16)28(24,25)27(5)15-8-13-21(4)18(19(22)23)20(27,2)3/h9-12,18H,8,13-15H2,1-5H3,(H,22,23). The van der Waals surface area contributed by atoms with Gasteiger partial charge in [0.2, 0.25) is 8.87 Å². The maximum Gasteiger partial charge on any atom is 0.322 e. The molecule has 2 unspecified atom stereocenters.